The highest BCUT2D eigenvalue weighted by molar-refractivity contribution is 7.47. The molecule has 0 aliphatic heterocycles. The number of aliphatic hydroxyl groups is 1. The molecule has 0 saturated heterocycles. The fourth-order valence-electron chi connectivity index (χ4n) is 11.4. The lowest BCUT2D eigenvalue weighted by molar-refractivity contribution is -0.161. The highest BCUT2D eigenvalue weighted by Crippen LogP contribution is 2.43. The normalized spacial score (nSPS) is 13.1. The Labute approximate surface area is 520 Å². The predicted octanol–water partition coefficient (Wildman–Crippen LogP) is 22.9. The molecular weight excluding hydrogens is 1070 g/mol. The average molecular weight is 1210 g/mol. The van der Waals surface area contributed by atoms with Crippen molar-refractivity contribution in [3.63, 3.8) is 0 Å². The third-order valence-electron chi connectivity index (χ3n) is 17.0. The van der Waals surface area contributed by atoms with E-state index in [4.69, 9.17) is 23.3 Å². The molecule has 0 heterocycles. The molecule has 0 aliphatic rings. The number of carbonyl (C=O) groups excluding carboxylic acids is 3. The van der Waals surface area contributed by atoms with Gasteiger partial charge >= 0.3 is 25.7 Å². The molecule has 0 aromatic carbocycles. The number of unbranched alkanes of at least 4 members (excludes halogenated alkanes) is 54. The molecule has 12 heteroatoms. The number of carbonyl (C=O) groups is 3. The molecule has 0 aromatic heterocycles. The van der Waals surface area contributed by atoms with Crippen LogP contribution in [0.1, 0.15) is 406 Å². The second kappa shape index (κ2) is 67.4. The molecule has 0 fully saturated rings. The molecule has 11 nitrogen and oxygen atoms in total. The van der Waals surface area contributed by atoms with E-state index in [-0.39, 0.29) is 25.9 Å². The molecule has 0 aliphatic carbocycles. The van der Waals surface area contributed by atoms with Crippen molar-refractivity contribution in [2.75, 3.05) is 26.4 Å². The monoisotopic (exact) mass is 1210 g/mol. The zero-order valence-corrected chi connectivity index (χ0v) is 56.8. The molecule has 2 N–H and O–H groups in total. The van der Waals surface area contributed by atoms with Crippen LogP contribution in [0.15, 0.2) is 0 Å². The number of phosphoric acid groups is 1. The molecule has 0 spiro atoms. The Morgan fingerprint density at radius 1 is 0.286 bits per heavy atom. The predicted molar refractivity (Wildman–Crippen MR) is 354 cm³/mol. The molecule has 0 bridgehead atoms. The van der Waals surface area contributed by atoms with E-state index in [1.54, 1.807) is 0 Å². The van der Waals surface area contributed by atoms with Gasteiger partial charge in [-0.25, -0.2) is 4.57 Å². The molecule has 0 aromatic rings. The lowest BCUT2D eigenvalue weighted by Gasteiger charge is -2.21. The van der Waals surface area contributed by atoms with Crippen molar-refractivity contribution in [3.05, 3.63) is 0 Å². The number of hydrogen-bond donors (Lipinski definition) is 2. The summed E-state index contributed by atoms with van der Waals surface area (Å²) in [7, 11) is -4.75. The molecule has 0 amide bonds. The summed E-state index contributed by atoms with van der Waals surface area (Å²) in [5.41, 5.74) is 0. The summed E-state index contributed by atoms with van der Waals surface area (Å²) in [6.45, 7) is 4.79. The SMILES string of the molecule is CCCCCCCCCCCCCCCCCCCCCC(=O)OCC(COP(=O)(O)OCC(CO)OC(=O)CCCCCCCCCCCCCCCCCCCCC)OC(=O)CCCCCCCCCCCCCCCCCCCCC. The van der Waals surface area contributed by atoms with Gasteiger partial charge in [-0.3, -0.25) is 23.4 Å². The summed E-state index contributed by atoms with van der Waals surface area (Å²) in [5.74, 6) is -1.41. The van der Waals surface area contributed by atoms with Crippen molar-refractivity contribution in [3.8, 4) is 0 Å². The molecular formula is C72H141O11P. The number of phosphoric ester groups is 1. The van der Waals surface area contributed by atoms with Crippen LogP contribution in [0, 0.1) is 0 Å². The fourth-order valence-corrected chi connectivity index (χ4v) is 12.2. The maximum absolute atomic E-state index is 13.0. The number of rotatable bonds is 71. The lowest BCUT2D eigenvalue weighted by Crippen LogP contribution is -2.30. The average Bonchev–Trinajstić information content (AvgIpc) is 3.55. The van der Waals surface area contributed by atoms with Gasteiger partial charge in [0.25, 0.3) is 0 Å². The molecule has 84 heavy (non-hydrogen) atoms. The van der Waals surface area contributed by atoms with E-state index in [1.807, 2.05) is 0 Å². The minimum absolute atomic E-state index is 0.180. The van der Waals surface area contributed by atoms with Gasteiger partial charge in [-0.15, -0.1) is 0 Å². The van der Waals surface area contributed by atoms with E-state index < -0.39 is 57.8 Å². The van der Waals surface area contributed by atoms with Gasteiger partial charge in [-0.1, -0.05) is 367 Å². The van der Waals surface area contributed by atoms with Crippen LogP contribution < -0.4 is 0 Å². The standard InChI is InChI=1S/C72H141O11P/c1-4-7-10-13-16-19-22-25-28-31-34-37-40-43-46-49-52-55-58-61-70(74)79-65-69(83-72(76)63-60-57-54-51-48-45-42-39-36-33-30-27-24-21-18-15-12-9-6-3)67-81-84(77,78)80-66-68(64-73)82-71(75)62-59-56-53-50-47-44-41-38-35-32-29-26-23-20-17-14-11-8-5-2/h68-69,73H,4-67H2,1-3H3,(H,77,78). The van der Waals surface area contributed by atoms with Crippen LogP contribution in [-0.4, -0.2) is 66.5 Å². The molecule has 3 atom stereocenters. The third kappa shape index (κ3) is 64.9. The quantitative estimate of drug-likeness (QED) is 0.0259. The third-order valence-corrected chi connectivity index (χ3v) is 18.0. The van der Waals surface area contributed by atoms with Crippen LogP contribution in [0.2, 0.25) is 0 Å². The second-order valence-corrected chi connectivity index (χ2v) is 26.9. The van der Waals surface area contributed by atoms with Crippen LogP contribution in [0.4, 0.5) is 0 Å². The highest BCUT2D eigenvalue weighted by atomic mass is 31.2. The first-order valence-corrected chi connectivity index (χ1v) is 38.4. The van der Waals surface area contributed by atoms with E-state index in [9.17, 15) is 28.9 Å². The van der Waals surface area contributed by atoms with E-state index in [0.717, 1.165) is 57.8 Å². The Morgan fingerprint density at radius 2 is 0.476 bits per heavy atom. The van der Waals surface area contributed by atoms with Crippen LogP contribution in [0.3, 0.4) is 0 Å². The largest absolute Gasteiger partial charge is 0.472 e. The van der Waals surface area contributed by atoms with Crippen molar-refractivity contribution in [1.82, 2.24) is 0 Å². The van der Waals surface area contributed by atoms with Crippen LogP contribution in [-0.2, 0) is 42.2 Å². The second-order valence-electron chi connectivity index (χ2n) is 25.5. The van der Waals surface area contributed by atoms with Crippen molar-refractivity contribution in [2.24, 2.45) is 0 Å². The Hall–Kier alpha value is -1.52. The molecule has 0 rings (SSSR count). The van der Waals surface area contributed by atoms with Crippen molar-refractivity contribution >= 4 is 25.7 Å². The zero-order chi connectivity index (χ0) is 61.2. The van der Waals surface area contributed by atoms with Gasteiger partial charge in [-0.2, -0.15) is 0 Å². The van der Waals surface area contributed by atoms with Gasteiger partial charge in [-0.05, 0) is 19.3 Å². The first-order valence-electron chi connectivity index (χ1n) is 36.9. The van der Waals surface area contributed by atoms with Crippen molar-refractivity contribution in [2.45, 2.75) is 418 Å². The van der Waals surface area contributed by atoms with Gasteiger partial charge in [0.05, 0.1) is 19.8 Å². The highest BCUT2D eigenvalue weighted by Gasteiger charge is 2.28. The van der Waals surface area contributed by atoms with Crippen LogP contribution >= 0.6 is 7.82 Å². The summed E-state index contributed by atoms with van der Waals surface area (Å²) in [6.07, 6.45) is 70.6. The summed E-state index contributed by atoms with van der Waals surface area (Å²) in [4.78, 5) is 49.0. The smallest absolute Gasteiger partial charge is 0.462 e. The van der Waals surface area contributed by atoms with Gasteiger partial charge in [0.2, 0.25) is 0 Å². The summed E-state index contributed by atoms with van der Waals surface area (Å²) >= 11 is 0. The van der Waals surface area contributed by atoms with Crippen LogP contribution in [0.5, 0.6) is 0 Å². The first kappa shape index (κ1) is 82.5. The number of hydrogen-bond acceptors (Lipinski definition) is 10. The van der Waals surface area contributed by atoms with E-state index >= 15 is 0 Å². The van der Waals surface area contributed by atoms with E-state index in [2.05, 4.69) is 20.8 Å². The first-order chi connectivity index (χ1) is 41.2. The van der Waals surface area contributed by atoms with Gasteiger partial charge in [0.15, 0.2) is 6.10 Å². The molecule has 3 unspecified atom stereocenters. The Morgan fingerprint density at radius 3 is 0.702 bits per heavy atom. The molecule has 0 saturated carbocycles. The lowest BCUT2D eigenvalue weighted by atomic mass is 10.0. The summed E-state index contributed by atoms with van der Waals surface area (Å²) in [6, 6.07) is 0. The number of aliphatic hydroxyl groups excluding tert-OH is 1. The number of esters is 3. The fraction of sp³-hybridized carbons (Fsp3) is 0.958. The van der Waals surface area contributed by atoms with Crippen molar-refractivity contribution in [1.29, 1.82) is 0 Å². The maximum atomic E-state index is 13.0. The van der Waals surface area contributed by atoms with Gasteiger partial charge in [0, 0.05) is 19.3 Å². The van der Waals surface area contributed by atoms with Crippen LogP contribution in [0.25, 0.3) is 0 Å². The zero-order valence-electron chi connectivity index (χ0n) is 55.9. The summed E-state index contributed by atoms with van der Waals surface area (Å²) < 4.78 is 39.9. The van der Waals surface area contributed by atoms with E-state index in [0.29, 0.717) is 19.3 Å². The van der Waals surface area contributed by atoms with Crippen molar-refractivity contribution < 1.29 is 52.2 Å². The maximum Gasteiger partial charge on any atom is 0.472 e. The minimum atomic E-state index is -4.75. The topological polar surface area (TPSA) is 155 Å². The Bertz CT molecular complexity index is 1410. The molecule has 0 radical (unpaired) electrons. The Balaban J connectivity index is 4.57. The van der Waals surface area contributed by atoms with Gasteiger partial charge < -0.3 is 24.2 Å². The minimum Gasteiger partial charge on any atom is -0.462 e. The molecule has 500 valence electrons. The Kier molecular flexibility index (Phi) is 66.2. The number of ether oxygens (including phenoxy) is 3. The van der Waals surface area contributed by atoms with Gasteiger partial charge in [0.1, 0.15) is 12.7 Å². The van der Waals surface area contributed by atoms with E-state index in [1.165, 1.54) is 289 Å². The summed E-state index contributed by atoms with van der Waals surface area (Å²) in [5, 5.41) is 9.90.